The predicted molar refractivity (Wildman–Crippen MR) is 45.8 cm³/mol. The lowest BCUT2D eigenvalue weighted by molar-refractivity contribution is -0.137. The Labute approximate surface area is 76.4 Å². The maximum atomic E-state index is 9.37. The van der Waals surface area contributed by atoms with Gasteiger partial charge in [-0.25, -0.2) is 0 Å². The van der Waals surface area contributed by atoms with Crippen molar-refractivity contribution in [3.63, 3.8) is 0 Å². The number of aliphatic carboxylic acids is 2. The van der Waals surface area contributed by atoms with Gasteiger partial charge in [-0.2, -0.15) is 0 Å². The molecular weight excluding hydrogens is 163 g/mol. The maximum Gasteiger partial charge on any atom is 0.303 e. The molecule has 0 atom stereocenters. The first kappa shape index (κ1) is 16.8. The molecule has 0 spiro atoms. The van der Waals surface area contributed by atoms with E-state index in [4.69, 9.17) is 10.2 Å². The molecule has 0 unspecified atom stereocenters. The lowest BCUT2D eigenvalue weighted by Crippen LogP contribution is -1.86. The van der Waals surface area contributed by atoms with Crippen LogP contribution < -0.4 is 0 Å². The summed E-state index contributed by atoms with van der Waals surface area (Å²) in [6, 6.07) is 0. The second-order valence-corrected chi connectivity index (χ2v) is 1.49. The van der Waals surface area contributed by atoms with E-state index >= 15 is 0 Å². The zero-order chi connectivity index (χ0) is 8.57. The molecule has 0 aliphatic rings. The van der Waals surface area contributed by atoms with Crippen molar-refractivity contribution in [3.05, 3.63) is 0 Å². The maximum absolute atomic E-state index is 9.37. The number of hydrogen-bond donors (Lipinski definition) is 2. The van der Waals surface area contributed by atoms with Crippen molar-refractivity contribution in [2.75, 3.05) is 0 Å². The fourth-order valence-corrected chi connectivity index (χ4v) is 0. The highest BCUT2D eigenvalue weighted by Crippen LogP contribution is 1.67. The Kier molecular flexibility index (Phi) is 18.6. The minimum atomic E-state index is -0.745. The van der Waals surface area contributed by atoms with Crippen LogP contribution in [-0.2, 0) is 9.59 Å². The molecule has 11 heavy (non-hydrogen) atoms. The Bertz CT molecular complexity index is 99.1. The van der Waals surface area contributed by atoms with E-state index in [2.05, 4.69) is 0 Å². The van der Waals surface area contributed by atoms with E-state index in [0.29, 0.717) is 0 Å². The Morgan fingerprint density at radius 3 is 1.09 bits per heavy atom. The van der Waals surface area contributed by atoms with Crippen LogP contribution in [0.1, 0.15) is 26.7 Å². The molecule has 66 valence electrons. The Balaban J connectivity index is -0.000000107. The van der Waals surface area contributed by atoms with Gasteiger partial charge in [-0.15, -0.1) is 0 Å². The van der Waals surface area contributed by atoms with Crippen LogP contribution in [0, 0.1) is 0 Å². The van der Waals surface area contributed by atoms with Crippen LogP contribution in [0.2, 0.25) is 0 Å². The molecule has 0 saturated carbocycles. The molecule has 0 aromatic heterocycles. The van der Waals surface area contributed by atoms with Crippen molar-refractivity contribution in [2.24, 2.45) is 0 Å². The van der Waals surface area contributed by atoms with E-state index in [1.54, 1.807) is 13.8 Å². The Morgan fingerprint density at radius 2 is 1.09 bits per heavy atom. The van der Waals surface area contributed by atoms with Gasteiger partial charge in [0.05, 0.1) is 0 Å². The van der Waals surface area contributed by atoms with E-state index < -0.39 is 11.9 Å². The predicted octanol–water partition coefficient (Wildman–Crippen LogP) is -0.222. The zero-order valence-corrected chi connectivity index (χ0v) is 6.13. The second kappa shape index (κ2) is 12.2. The molecule has 0 amide bonds. The highest BCUT2D eigenvalue weighted by Gasteiger charge is 1.81. The van der Waals surface area contributed by atoms with Crippen LogP contribution >= 0.6 is 0 Å². The average molecular weight is 178 g/mol. The molecule has 5 heteroatoms. The van der Waals surface area contributed by atoms with Gasteiger partial charge in [0.25, 0.3) is 0 Å². The lowest BCUT2D eigenvalue weighted by atomic mass is 10.5. The molecule has 0 aliphatic carbocycles. The van der Waals surface area contributed by atoms with E-state index in [-0.39, 0.29) is 30.2 Å². The van der Waals surface area contributed by atoms with Crippen molar-refractivity contribution in [3.8, 4) is 0 Å². The number of carboxylic acids is 2. The first-order chi connectivity index (χ1) is 4.54. The van der Waals surface area contributed by atoms with Gasteiger partial charge in [-0.05, 0) is 0 Å². The van der Waals surface area contributed by atoms with Gasteiger partial charge in [0.2, 0.25) is 0 Å². The summed E-state index contributed by atoms with van der Waals surface area (Å²) >= 11 is 0. The number of rotatable bonds is 2. The molecule has 0 radical (unpaired) electrons. The van der Waals surface area contributed by atoms with Gasteiger partial charge in [0.15, 0.2) is 17.4 Å². The summed E-state index contributed by atoms with van der Waals surface area (Å²) < 4.78 is 0. The highest BCUT2D eigenvalue weighted by atomic mass is 27.0. The first-order valence-corrected chi connectivity index (χ1v) is 2.98. The van der Waals surface area contributed by atoms with Crippen LogP contribution in [0.25, 0.3) is 0 Å². The molecule has 2 N–H and O–H groups in total. The third kappa shape index (κ3) is 43.9. The van der Waals surface area contributed by atoms with E-state index in [0.717, 1.165) is 0 Å². The van der Waals surface area contributed by atoms with E-state index in [1.807, 2.05) is 0 Å². The van der Waals surface area contributed by atoms with Gasteiger partial charge in [-0.1, -0.05) is 13.8 Å². The normalized spacial score (nSPS) is 6.73. The minimum Gasteiger partial charge on any atom is -0.481 e. The molecule has 0 aromatic rings. The quantitative estimate of drug-likeness (QED) is 0.573. The third-order valence-corrected chi connectivity index (χ3v) is 0.605. The number of hydrogen-bond acceptors (Lipinski definition) is 2. The van der Waals surface area contributed by atoms with Gasteiger partial charge < -0.3 is 10.2 Å². The van der Waals surface area contributed by atoms with Crippen LogP contribution in [0.5, 0.6) is 0 Å². The second-order valence-electron chi connectivity index (χ2n) is 1.49. The molecule has 0 rings (SSSR count). The Morgan fingerprint density at radius 1 is 1.00 bits per heavy atom. The molecule has 0 heterocycles. The van der Waals surface area contributed by atoms with Gasteiger partial charge >= 0.3 is 11.9 Å². The average Bonchev–Trinajstić information content (AvgIpc) is 1.89. The summed E-state index contributed by atoms with van der Waals surface area (Å²) in [6.07, 6.45) is 0.444. The molecule has 0 bridgehead atoms. The lowest BCUT2D eigenvalue weighted by Gasteiger charge is -1.71. The molecule has 0 aliphatic heterocycles. The topological polar surface area (TPSA) is 74.6 Å². The van der Waals surface area contributed by atoms with Crippen LogP contribution in [-0.4, -0.2) is 39.5 Å². The summed E-state index contributed by atoms with van der Waals surface area (Å²) in [5, 5.41) is 15.4. The first-order valence-electron chi connectivity index (χ1n) is 2.98. The Hall–Kier alpha value is -0.528. The minimum absolute atomic E-state index is 0. The molecule has 0 saturated heterocycles. The monoisotopic (exact) mass is 178 g/mol. The number of carbonyl (C=O) groups is 2. The van der Waals surface area contributed by atoms with Crippen LogP contribution in [0.3, 0.4) is 0 Å². The van der Waals surface area contributed by atoms with E-state index in [9.17, 15) is 9.59 Å². The van der Waals surface area contributed by atoms with Gasteiger partial charge in [0, 0.05) is 12.8 Å². The van der Waals surface area contributed by atoms with Crippen molar-refractivity contribution < 1.29 is 19.8 Å². The molecule has 0 aromatic carbocycles. The largest absolute Gasteiger partial charge is 0.481 e. The van der Waals surface area contributed by atoms with Crippen molar-refractivity contribution >= 4 is 29.3 Å². The van der Waals surface area contributed by atoms with Crippen molar-refractivity contribution in [2.45, 2.75) is 26.7 Å². The van der Waals surface area contributed by atoms with Crippen LogP contribution in [0.4, 0.5) is 0 Å². The summed E-state index contributed by atoms with van der Waals surface area (Å²) in [7, 11) is 0. The molecular formula is C6H15AlO4. The molecule has 4 nitrogen and oxygen atoms in total. The van der Waals surface area contributed by atoms with Gasteiger partial charge in [0.1, 0.15) is 0 Å². The zero-order valence-electron chi connectivity index (χ0n) is 6.13. The summed E-state index contributed by atoms with van der Waals surface area (Å²) in [5.41, 5.74) is 0. The summed E-state index contributed by atoms with van der Waals surface area (Å²) in [5.74, 6) is -1.49. The summed E-state index contributed by atoms with van der Waals surface area (Å²) in [6.45, 7) is 3.20. The fourth-order valence-electron chi connectivity index (χ4n) is 0. The fraction of sp³-hybridized carbons (Fsp3) is 0.667. The van der Waals surface area contributed by atoms with Crippen molar-refractivity contribution in [1.82, 2.24) is 0 Å². The van der Waals surface area contributed by atoms with Gasteiger partial charge in [-0.3, -0.25) is 9.59 Å². The molecule has 0 fully saturated rings. The van der Waals surface area contributed by atoms with Crippen LogP contribution in [0.15, 0.2) is 0 Å². The SMILES string of the molecule is CCC(=O)O.CCC(=O)O.[AlH3]. The van der Waals surface area contributed by atoms with E-state index in [1.165, 1.54) is 0 Å². The van der Waals surface area contributed by atoms with Crippen molar-refractivity contribution in [1.29, 1.82) is 0 Å². The standard InChI is InChI=1S/2C3H6O2.Al.3H/c2*1-2-3(4)5;;;;/h2*2H2,1H3,(H,4,5);;;;. The smallest absolute Gasteiger partial charge is 0.303 e. The summed E-state index contributed by atoms with van der Waals surface area (Å²) in [4.78, 5) is 18.7. The third-order valence-electron chi connectivity index (χ3n) is 0.605. The number of carboxylic acid groups (broad SMARTS) is 2. The highest BCUT2D eigenvalue weighted by molar-refractivity contribution is 5.75.